The van der Waals surface area contributed by atoms with Crippen molar-refractivity contribution in [3.05, 3.63) is 70.9 Å². The van der Waals surface area contributed by atoms with Crippen molar-refractivity contribution in [2.75, 3.05) is 26.2 Å². The van der Waals surface area contributed by atoms with E-state index in [1.54, 1.807) is 0 Å². The molecule has 134 valence electrons. The van der Waals surface area contributed by atoms with Gasteiger partial charge in [-0.3, -0.25) is 4.79 Å². The molecule has 0 saturated carbocycles. The van der Waals surface area contributed by atoms with E-state index in [0.717, 1.165) is 54.2 Å². The molecule has 4 rings (SSSR count). The van der Waals surface area contributed by atoms with Crippen LogP contribution in [0.3, 0.4) is 0 Å². The Morgan fingerprint density at radius 1 is 1.12 bits per heavy atom. The van der Waals surface area contributed by atoms with Gasteiger partial charge in [-0.05, 0) is 18.2 Å². The number of amides is 1. The predicted molar refractivity (Wildman–Crippen MR) is 105 cm³/mol. The van der Waals surface area contributed by atoms with Crippen molar-refractivity contribution in [2.45, 2.75) is 6.54 Å². The molecule has 2 heterocycles. The minimum Gasteiger partial charge on any atom is -0.350 e. The van der Waals surface area contributed by atoms with Crippen molar-refractivity contribution in [2.24, 2.45) is 7.05 Å². The van der Waals surface area contributed by atoms with Crippen LogP contribution < -0.4 is 4.90 Å². The molecule has 4 nitrogen and oxygen atoms in total. The standard InChI is InChI=1S/C21H22ClN3O/c1-23-15-19(18-7-2-3-8-20(18)23)21(26)25-11-9-24(10-12-25)14-16-5-4-6-17(22)13-16/h2-8,13,15H,9-12,14H2,1H3/p+1. The molecule has 1 aromatic heterocycles. The molecule has 1 saturated heterocycles. The average Bonchev–Trinajstić information content (AvgIpc) is 2.99. The number of halogens is 1. The summed E-state index contributed by atoms with van der Waals surface area (Å²) in [7, 11) is 1.99. The highest BCUT2D eigenvalue weighted by molar-refractivity contribution is 6.30. The molecule has 1 aliphatic heterocycles. The lowest BCUT2D eigenvalue weighted by atomic mass is 10.1. The van der Waals surface area contributed by atoms with Gasteiger partial charge in [0.2, 0.25) is 0 Å². The van der Waals surface area contributed by atoms with Crippen LogP contribution in [0, 0.1) is 0 Å². The highest BCUT2D eigenvalue weighted by Crippen LogP contribution is 2.21. The van der Waals surface area contributed by atoms with E-state index in [0.29, 0.717) is 0 Å². The Morgan fingerprint density at radius 3 is 2.65 bits per heavy atom. The van der Waals surface area contributed by atoms with E-state index in [4.69, 9.17) is 11.6 Å². The van der Waals surface area contributed by atoms with Crippen LogP contribution in [0.25, 0.3) is 10.9 Å². The smallest absolute Gasteiger partial charge is 0.256 e. The number of piperazine rings is 1. The largest absolute Gasteiger partial charge is 0.350 e. The first-order chi connectivity index (χ1) is 12.6. The fraction of sp³-hybridized carbons (Fsp3) is 0.286. The number of benzene rings is 2. The van der Waals surface area contributed by atoms with Gasteiger partial charge < -0.3 is 14.4 Å². The van der Waals surface area contributed by atoms with Gasteiger partial charge in [0.05, 0.1) is 31.7 Å². The van der Waals surface area contributed by atoms with Gasteiger partial charge >= 0.3 is 0 Å². The summed E-state index contributed by atoms with van der Waals surface area (Å²) in [6.45, 7) is 4.46. The number of nitrogens with one attached hydrogen (secondary N) is 1. The Labute approximate surface area is 158 Å². The Balaban J connectivity index is 1.43. The van der Waals surface area contributed by atoms with E-state index < -0.39 is 0 Å². The van der Waals surface area contributed by atoms with Crippen molar-refractivity contribution in [1.82, 2.24) is 9.47 Å². The van der Waals surface area contributed by atoms with Crippen LogP contribution in [-0.2, 0) is 13.6 Å². The molecule has 0 aliphatic carbocycles. The summed E-state index contributed by atoms with van der Waals surface area (Å²) in [6.07, 6.45) is 1.96. The van der Waals surface area contributed by atoms with Crippen molar-refractivity contribution < 1.29 is 9.69 Å². The maximum Gasteiger partial charge on any atom is 0.256 e. The number of quaternary nitrogens is 1. The zero-order valence-electron chi connectivity index (χ0n) is 14.9. The van der Waals surface area contributed by atoms with Crippen LogP contribution in [0.1, 0.15) is 15.9 Å². The molecule has 5 heteroatoms. The third-order valence-electron chi connectivity index (χ3n) is 5.23. The van der Waals surface area contributed by atoms with Gasteiger partial charge in [-0.15, -0.1) is 0 Å². The van der Waals surface area contributed by atoms with E-state index in [1.807, 2.05) is 59.1 Å². The Morgan fingerprint density at radius 2 is 1.88 bits per heavy atom. The summed E-state index contributed by atoms with van der Waals surface area (Å²) in [5.41, 5.74) is 3.16. The monoisotopic (exact) mass is 368 g/mol. The Hall–Kier alpha value is -2.30. The zero-order chi connectivity index (χ0) is 18.1. The van der Waals surface area contributed by atoms with Gasteiger partial charge in [-0.2, -0.15) is 0 Å². The lowest BCUT2D eigenvalue weighted by Crippen LogP contribution is -3.13. The van der Waals surface area contributed by atoms with Crippen molar-refractivity contribution in [1.29, 1.82) is 0 Å². The molecule has 1 amide bonds. The van der Waals surface area contributed by atoms with E-state index in [-0.39, 0.29) is 5.91 Å². The van der Waals surface area contributed by atoms with Gasteiger partial charge in [0, 0.05) is 34.7 Å². The first kappa shape index (κ1) is 17.1. The quantitative estimate of drug-likeness (QED) is 0.755. The average molecular weight is 369 g/mol. The molecule has 1 fully saturated rings. The van der Waals surface area contributed by atoms with Gasteiger partial charge in [0.25, 0.3) is 5.91 Å². The number of rotatable bonds is 3. The van der Waals surface area contributed by atoms with Crippen LogP contribution >= 0.6 is 11.6 Å². The normalized spacial score (nSPS) is 15.5. The number of hydrogen-bond acceptors (Lipinski definition) is 1. The molecule has 0 bridgehead atoms. The lowest BCUT2D eigenvalue weighted by Gasteiger charge is -2.32. The summed E-state index contributed by atoms with van der Waals surface area (Å²) in [5, 5.41) is 1.82. The van der Waals surface area contributed by atoms with Crippen molar-refractivity contribution >= 4 is 28.4 Å². The third-order valence-corrected chi connectivity index (χ3v) is 5.46. The molecule has 0 unspecified atom stereocenters. The van der Waals surface area contributed by atoms with Crippen molar-refractivity contribution in [3.8, 4) is 0 Å². The van der Waals surface area contributed by atoms with Crippen LogP contribution in [0.5, 0.6) is 0 Å². The summed E-state index contributed by atoms with van der Waals surface area (Å²) in [4.78, 5) is 16.5. The van der Waals surface area contributed by atoms with E-state index in [1.165, 1.54) is 10.5 Å². The number of aryl methyl sites for hydroxylation is 1. The third kappa shape index (κ3) is 3.35. The summed E-state index contributed by atoms with van der Waals surface area (Å²) >= 11 is 6.08. The minimum absolute atomic E-state index is 0.142. The molecular formula is C21H23ClN3O+. The Bertz CT molecular complexity index is 941. The van der Waals surface area contributed by atoms with Gasteiger partial charge in [0.15, 0.2) is 0 Å². The molecule has 0 atom stereocenters. The maximum absolute atomic E-state index is 13.0. The Kier molecular flexibility index (Phi) is 4.70. The van der Waals surface area contributed by atoms with E-state index >= 15 is 0 Å². The first-order valence-corrected chi connectivity index (χ1v) is 9.41. The number of nitrogens with zero attached hydrogens (tertiary/aromatic N) is 2. The van der Waals surface area contributed by atoms with E-state index in [2.05, 4.69) is 12.1 Å². The highest BCUT2D eigenvalue weighted by atomic mass is 35.5. The lowest BCUT2D eigenvalue weighted by molar-refractivity contribution is -0.917. The van der Waals surface area contributed by atoms with Crippen molar-refractivity contribution in [3.63, 3.8) is 0 Å². The molecule has 0 spiro atoms. The fourth-order valence-corrected chi connectivity index (χ4v) is 4.03. The SMILES string of the molecule is Cn1cc(C(=O)N2CC[NH+](Cc3cccc(Cl)c3)CC2)c2ccccc21. The fourth-order valence-electron chi connectivity index (χ4n) is 3.82. The highest BCUT2D eigenvalue weighted by Gasteiger charge is 2.26. The molecule has 2 aromatic carbocycles. The summed E-state index contributed by atoms with van der Waals surface area (Å²) in [5.74, 6) is 0.142. The minimum atomic E-state index is 0.142. The number of hydrogen-bond donors (Lipinski definition) is 1. The zero-order valence-corrected chi connectivity index (χ0v) is 15.7. The van der Waals surface area contributed by atoms with Crippen LogP contribution in [0.2, 0.25) is 5.02 Å². The summed E-state index contributed by atoms with van der Waals surface area (Å²) in [6, 6.07) is 16.1. The van der Waals surface area contributed by atoms with E-state index in [9.17, 15) is 4.79 Å². The second-order valence-electron chi connectivity index (χ2n) is 7.02. The van der Waals surface area contributed by atoms with Gasteiger partial charge in [-0.25, -0.2) is 0 Å². The molecular weight excluding hydrogens is 346 g/mol. The second kappa shape index (κ2) is 7.14. The molecule has 0 radical (unpaired) electrons. The number of carbonyl (C=O) groups excluding carboxylic acids is 1. The number of fused-ring (bicyclic) bond motifs is 1. The predicted octanol–water partition coefficient (Wildman–Crippen LogP) is 2.37. The number of para-hydroxylation sites is 1. The topological polar surface area (TPSA) is 29.7 Å². The first-order valence-electron chi connectivity index (χ1n) is 9.03. The van der Waals surface area contributed by atoms with Gasteiger partial charge in [0.1, 0.15) is 6.54 Å². The van der Waals surface area contributed by atoms with Crippen LogP contribution in [-0.4, -0.2) is 41.6 Å². The maximum atomic E-state index is 13.0. The van der Waals surface area contributed by atoms with Crippen LogP contribution in [0.15, 0.2) is 54.7 Å². The molecule has 1 N–H and O–H groups in total. The summed E-state index contributed by atoms with van der Waals surface area (Å²) < 4.78 is 2.03. The second-order valence-corrected chi connectivity index (χ2v) is 7.46. The van der Waals surface area contributed by atoms with Gasteiger partial charge in [-0.1, -0.05) is 41.9 Å². The molecule has 3 aromatic rings. The molecule has 26 heavy (non-hydrogen) atoms. The number of aromatic nitrogens is 1. The number of carbonyl (C=O) groups is 1. The molecule has 1 aliphatic rings. The van der Waals surface area contributed by atoms with Crippen LogP contribution in [0.4, 0.5) is 0 Å².